The molecule has 0 aromatic rings. The number of esters is 2. The number of fused-ring (bicyclic) bond motifs is 2. The minimum atomic E-state index is -0.968. The van der Waals surface area contributed by atoms with Gasteiger partial charge in [0.15, 0.2) is 5.79 Å². The molecule has 5 rings (SSSR count). The van der Waals surface area contributed by atoms with Gasteiger partial charge in [0, 0.05) is 31.3 Å². The van der Waals surface area contributed by atoms with Crippen LogP contribution in [0.5, 0.6) is 0 Å². The summed E-state index contributed by atoms with van der Waals surface area (Å²) in [4.78, 5) is 26.4. The first-order chi connectivity index (χ1) is 20.9. The van der Waals surface area contributed by atoms with Gasteiger partial charge in [-0.15, -0.1) is 0 Å². The molecule has 5 aliphatic rings. The van der Waals surface area contributed by atoms with Crippen LogP contribution in [0.1, 0.15) is 86.5 Å². The van der Waals surface area contributed by atoms with Crippen molar-refractivity contribution in [1.29, 1.82) is 0 Å². The fourth-order valence-corrected chi connectivity index (χ4v) is 7.70. The van der Waals surface area contributed by atoms with Crippen LogP contribution in [0.2, 0.25) is 0 Å². The molecule has 1 spiro atoms. The Morgan fingerprint density at radius 3 is 2.70 bits per heavy atom. The first-order valence-electron chi connectivity index (χ1n) is 16.6. The van der Waals surface area contributed by atoms with Crippen LogP contribution in [0, 0.1) is 29.6 Å². The molecule has 8 nitrogen and oxygen atoms in total. The SMILES string of the molecule is CC(C)=CC(=O)OCC1=C[C@H]2C(=O)O[C@H]3C[C@@H](C/C=C(\C)C[C@@H](C)/C=C/CC4COC([C@@H]42)[C@@H]1O)O[C@@]1(CC[C@H](C)C(C)O1)C3. The molecule has 4 heterocycles. The zero-order valence-electron chi connectivity index (χ0n) is 27.3. The van der Waals surface area contributed by atoms with Crippen LogP contribution in [0.4, 0.5) is 0 Å². The minimum Gasteiger partial charge on any atom is -0.462 e. The lowest BCUT2D eigenvalue weighted by Gasteiger charge is -2.49. The predicted molar refractivity (Wildman–Crippen MR) is 166 cm³/mol. The van der Waals surface area contributed by atoms with E-state index in [9.17, 15) is 14.7 Å². The number of ether oxygens (including phenoxy) is 5. The molecule has 244 valence electrons. The third kappa shape index (κ3) is 7.75. The average Bonchev–Trinajstić information content (AvgIpc) is 3.37. The van der Waals surface area contributed by atoms with Crippen LogP contribution in [0.3, 0.4) is 0 Å². The second-order valence-corrected chi connectivity index (χ2v) is 14.3. The Labute approximate surface area is 262 Å². The summed E-state index contributed by atoms with van der Waals surface area (Å²) in [5.41, 5.74) is 2.62. The van der Waals surface area contributed by atoms with Crippen molar-refractivity contribution in [3.05, 3.63) is 47.1 Å². The van der Waals surface area contributed by atoms with E-state index in [1.807, 2.05) is 13.8 Å². The summed E-state index contributed by atoms with van der Waals surface area (Å²) >= 11 is 0. The van der Waals surface area contributed by atoms with Crippen molar-refractivity contribution in [2.24, 2.45) is 29.6 Å². The van der Waals surface area contributed by atoms with Crippen molar-refractivity contribution in [3.8, 4) is 0 Å². The minimum absolute atomic E-state index is 0.0454. The molecule has 0 saturated carbocycles. The second-order valence-electron chi connectivity index (χ2n) is 14.3. The van der Waals surface area contributed by atoms with Crippen LogP contribution in [-0.2, 0) is 33.3 Å². The van der Waals surface area contributed by atoms with Gasteiger partial charge in [-0.1, -0.05) is 49.3 Å². The molecule has 0 amide bonds. The van der Waals surface area contributed by atoms with E-state index in [-0.39, 0.29) is 42.7 Å². The smallest absolute Gasteiger partial charge is 0.331 e. The standard InChI is InChI=1S/C36H52O8/c1-21(2)14-31(37)40-20-27-16-30-32-26(19-41-34(32)33(27)38)9-7-8-22(3)15-23(4)10-11-28-17-29(42-35(30)39)18-36(44-28)13-12-24(5)25(6)43-36/h7-8,10,14,16,22,24-26,28-30,32-34,38H,9,11-13,15,17-20H2,1-6H3/b8-7+,23-10+/t22-,24-,25?,26?,28+,29-,30+,32-,33+,34?,36-/m0/s1. The van der Waals surface area contributed by atoms with Crippen LogP contribution >= 0.6 is 0 Å². The van der Waals surface area contributed by atoms with E-state index in [0.29, 0.717) is 36.9 Å². The van der Waals surface area contributed by atoms with Gasteiger partial charge in [-0.3, -0.25) is 4.79 Å². The zero-order valence-corrected chi connectivity index (χ0v) is 27.3. The molecular weight excluding hydrogens is 560 g/mol. The monoisotopic (exact) mass is 612 g/mol. The lowest BCUT2D eigenvalue weighted by molar-refractivity contribution is -0.332. The van der Waals surface area contributed by atoms with Crippen molar-refractivity contribution in [1.82, 2.24) is 0 Å². The Kier molecular flexibility index (Phi) is 10.6. The molecule has 4 aliphatic heterocycles. The summed E-state index contributed by atoms with van der Waals surface area (Å²) in [7, 11) is 0. The Balaban J connectivity index is 1.45. The van der Waals surface area contributed by atoms with Gasteiger partial charge < -0.3 is 28.8 Å². The van der Waals surface area contributed by atoms with Gasteiger partial charge in [0.25, 0.3) is 0 Å². The molecule has 3 fully saturated rings. The fourth-order valence-electron chi connectivity index (χ4n) is 7.70. The Hall–Kier alpha value is -2.26. The van der Waals surface area contributed by atoms with Crippen LogP contribution in [0.15, 0.2) is 47.1 Å². The number of carbonyl (C=O) groups excluding carboxylic acids is 2. The highest BCUT2D eigenvalue weighted by Gasteiger charge is 2.53. The summed E-state index contributed by atoms with van der Waals surface area (Å²) in [5.74, 6) is -1.61. The predicted octanol–water partition coefficient (Wildman–Crippen LogP) is 5.99. The third-order valence-electron chi connectivity index (χ3n) is 10.2. The molecule has 3 unspecified atom stereocenters. The molecule has 1 N–H and O–H groups in total. The molecule has 2 bridgehead atoms. The molecule has 3 saturated heterocycles. The first-order valence-corrected chi connectivity index (χ1v) is 16.6. The molecule has 0 radical (unpaired) electrons. The summed E-state index contributed by atoms with van der Waals surface area (Å²) in [6, 6.07) is 0. The Morgan fingerprint density at radius 1 is 1.16 bits per heavy atom. The van der Waals surface area contributed by atoms with E-state index in [2.05, 4.69) is 45.9 Å². The average molecular weight is 613 g/mol. The largest absolute Gasteiger partial charge is 0.462 e. The maximum absolute atomic E-state index is 14.2. The topological polar surface area (TPSA) is 101 Å². The molecule has 44 heavy (non-hydrogen) atoms. The highest BCUT2D eigenvalue weighted by Crippen LogP contribution is 2.46. The molecule has 0 aromatic carbocycles. The Morgan fingerprint density at radius 2 is 1.95 bits per heavy atom. The van der Waals surface area contributed by atoms with E-state index in [1.165, 1.54) is 11.6 Å². The van der Waals surface area contributed by atoms with Crippen LogP contribution < -0.4 is 0 Å². The van der Waals surface area contributed by atoms with Gasteiger partial charge in [0.2, 0.25) is 0 Å². The van der Waals surface area contributed by atoms with Crippen molar-refractivity contribution >= 4 is 11.9 Å². The van der Waals surface area contributed by atoms with E-state index < -0.39 is 29.9 Å². The van der Waals surface area contributed by atoms with Crippen molar-refractivity contribution in [3.63, 3.8) is 0 Å². The number of aliphatic hydroxyl groups excluding tert-OH is 1. The second kappa shape index (κ2) is 14.0. The lowest BCUT2D eigenvalue weighted by Crippen LogP contribution is -2.54. The molecule has 1 aliphatic carbocycles. The zero-order chi connectivity index (χ0) is 31.6. The molecule has 11 atom stereocenters. The number of hydrogen-bond donors (Lipinski definition) is 1. The first kappa shape index (κ1) is 33.1. The van der Waals surface area contributed by atoms with E-state index in [1.54, 1.807) is 6.08 Å². The Bertz CT molecular complexity index is 1180. The highest BCUT2D eigenvalue weighted by molar-refractivity contribution is 5.82. The fraction of sp³-hybridized carbons (Fsp3) is 0.722. The van der Waals surface area contributed by atoms with Crippen molar-refractivity contribution in [2.45, 2.75) is 123 Å². The summed E-state index contributed by atoms with van der Waals surface area (Å²) < 4.78 is 31.3. The maximum atomic E-state index is 14.2. The summed E-state index contributed by atoms with van der Waals surface area (Å²) in [6.45, 7) is 12.7. The molecule has 8 heteroatoms. The van der Waals surface area contributed by atoms with Crippen LogP contribution in [-0.4, -0.2) is 66.6 Å². The third-order valence-corrected chi connectivity index (χ3v) is 10.2. The van der Waals surface area contributed by atoms with Crippen LogP contribution in [0.25, 0.3) is 0 Å². The van der Waals surface area contributed by atoms with Gasteiger partial charge >= 0.3 is 11.9 Å². The van der Waals surface area contributed by atoms with Gasteiger partial charge in [-0.05, 0) is 76.7 Å². The summed E-state index contributed by atoms with van der Waals surface area (Å²) in [5, 5.41) is 11.3. The van der Waals surface area contributed by atoms with Gasteiger partial charge in [0.1, 0.15) is 18.8 Å². The van der Waals surface area contributed by atoms with Gasteiger partial charge in [-0.2, -0.15) is 0 Å². The van der Waals surface area contributed by atoms with E-state index in [0.717, 1.165) is 37.7 Å². The van der Waals surface area contributed by atoms with Crippen molar-refractivity contribution < 1.29 is 38.4 Å². The normalized spacial score (nSPS) is 43.1. The van der Waals surface area contributed by atoms with Gasteiger partial charge in [-0.25, -0.2) is 4.79 Å². The molecule has 0 aromatic heterocycles. The highest BCUT2D eigenvalue weighted by atomic mass is 16.7. The maximum Gasteiger partial charge on any atom is 0.331 e. The van der Waals surface area contributed by atoms with Crippen molar-refractivity contribution in [2.75, 3.05) is 13.2 Å². The van der Waals surface area contributed by atoms with Gasteiger partial charge in [0.05, 0.1) is 30.8 Å². The summed E-state index contributed by atoms with van der Waals surface area (Å²) in [6.07, 6.45) is 13.2. The lowest BCUT2D eigenvalue weighted by atomic mass is 9.71. The number of rotatable bonds is 3. The number of allylic oxidation sites excluding steroid dienone is 4. The number of carbonyl (C=O) groups is 2. The number of hydrogen-bond acceptors (Lipinski definition) is 8. The quantitative estimate of drug-likeness (QED) is 0.236. The van der Waals surface area contributed by atoms with E-state index >= 15 is 0 Å². The number of aliphatic hydroxyl groups is 1. The van der Waals surface area contributed by atoms with E-state index in [4.69, 9.17) is 23.7 Å². The molecular formula is C36H52O8.